The van der Waals surface area contributed by atoms with Gasteiger partial charge in [-0.15, -0.1) is 0 Å². The molecule has 5 heteroatoms. The highest BCUT2D eigenvalue weighted by molar-refractivity contribution is 9.10. The van der Waals surface area contributed by atoms with E-state index in [1.54, 1.807) is 0 Å². The number of hydrogen-bond acceptors (Lipinski definition) is 3. The summed E-state index contributed by atoms with van der Waals surface area (Å²) in [6.45, 7) is 4.07. The molecule has 0 saturated carbocycles. The Balaban J connectivity index is 1.90. The summed E-state index contributed by atoms with van der Waals surface area (Å²) in [4.78, 5) is 7.33. The number of aromatic nitrogens is 1. The SMILES string of the molecule is Clc1cccc2c1C(N1CCNCC1)c1ncc(Br)cc1CC2. The third kappa shape index (κ3) is 2.93. The molecular formula is C18H19BrClN3. The van der Waals surface area contributed by atoms with Gasteiger partial charge >= 0.3 is 0 Å². The number of pyridine rings is 1. The van der Waals surface area contributed by atoms with Crippen LogP contribution in [0.25, 0.3) is 0 Å². The number of aryl methyl sites for hydroxylation is 2. The average Bonchev–Trinajstić information content (AvgIpc) is 2.73. The van der Waals surface area contributed by atoms with Crippen LogP contribution in [0.3, 0.4) is 0 Å². The number of hydrogen-bond donors (Lipinski definition) is 1. The molecule has 1 aliphatic heterocycles. The first kappa shape index (κ1) is 15.6. The lowest BCUT2D eigenvalue weighted by Crippen LogP contribution is -2.45. The lowest BCUT2D eigenvalue weighted by Gasteiger charge is -2.36. The molecule has 1 N–H and O–H groups in total. The second-order valence-corrected chi connectivity index (χ2v) is 7.52. The average molecular weight is 393 g/mol. The number of fused-ring (bicyclic) bond motifs is 2. The zero-order valence-corrected chi connectivity index (χ0v) is 15.2. The Morgan fingerprint density at radius 2 is 1.96 bits per heavy atom. The van der Waals surface area contributed by atoms with Crippen LogP contribution in [0.15, 0.2) is 34.9 Å². The first-order chi connectivity index (χ1) is 11.2. The van der Waals surface area contributed by atoms with Gasteiger partial charge in [-0.05, 0) is 57.6 Å². The van der Waals surface area contributed by atoms with Gasteiger partial charge in [-0.25, -0.2) is 0 Å². The van der Waals surface area contributed by atoms with Gasteiger partial charge in [0.2, 0.25) is 0 Å². The Hall–Kier alpha value is -0.940. The van der Waals surface area contributed by atoms with Gasteiger partial charge in [-0.1, -0.05) is 23.7 Å². The normalized spacial score (nSPS) is 21.4. The second-order valence-electron chi connectivity index (χ2n) is 6.20. The summed E-state index contributed by atoms with van der Waals surface area (Å²) in [5, 5.41) is 4.30. The van der Waals surface area contributed by atoms with Crippen molar-refractivity contribution in [2.45, 2.75) is 18.9 Å². The Bertz CT molecular complexity index is 728. The summed E-state index contributed by atoms with van der Waals surface area (Å²) in [6.07, 6.45) is 3.94. The molecule has 1 aromatic heterocycles. The summed E-state index contributed by atoms with van der Waals surface area (Å²) < 4.78 is 1.05. The number of nitrogens with zero attached hydrogens (tertiary/aromatic N) is 2. The Morgan fingerprint density at radius 1 is 1.17 bits per heavy atom. The smallest absolute Gasteiger partial charge is 0.0797 e. The van der Waals surface area contributed by atoms with Crippen molar-refractivity contribution in [1.29, 1.82) is 0 Å². The van der Waals surface area contributed by atoms with E-state index in [-0.39, 0.29) is 6.04 Å². The maximum atomic E-state index is 6.65. The van der Waals surface area contributed by atoms with E-state index in [1.807, 2.05) is 12.3 Å². The topological polar surface area (TPSA) is 28.2 Å². The molecule has 23 heavy (non-hydrogen) atoms. The van der Waals surface area contributed by atoms with E-state index < -0.39 is 0 Å². The Kier molecular flexibility index (Phi) is 4.41. The quantitative estimate of drug-likeness (QED) is 0.804. The van der Waals surface area contributed by atoms with Gasteiger partial charge in [0, 0.05) is 41.9 Å². The van der Waals surface area contributed by atoms with Crippen LogP contribution < -0.4 is 5.32 Å². The largest absolute Gasteiger partial charge is 0.314 e. The molecule has 1 aromatic carbocycles. The fraction of sp³-hybridized carbons (Fsp3) is 0.389. The standard InChI is InChI=1S/C18H19BrClN3/c19-14-10-13-5-4-12-2-1-3-15(20)16(12)18(17(13)22-11-14)23-8-6-21-7-9-23/h1-3,10-11,18,21H,4-9H2. The minimum atomic E-state index is 0.159. The summed E-state index contributed by atoms with van der Waals surface area (Å²) >= 11 is 10.2. The number of nitrogens with one attached hydrogen (secondary N) is 1. The highest BCUT2D eigenvalue weighted by Crippen LogP contribution is 2.40. The van der Waals surface area contributed by atoms with E-state index >= 15 is 0 Å². The van der Waals surface area contributed by atoms with E-state index in [4.69, 9.17) is 16.6 Å². The fourth-order valence-electron chi connectivity index (χ4n) is 3.75. The fourth-order valence-corrected chi connectivity index (χ4v) is 4.42. The van der Waals surface area contributed by atoms with Crippen molar-refractivity contribution < 1.29 is 0 Å². The van der Waals surface area contributed by atoms with E-state index in [1.165, 1.54) is 22.4 Å². The molecule has 2 heterocycles. The van der Waals surface area contributed by atoms with Crippen molar-refractivity contribution in [3.05, 3.63) is 62.3 Å². The lowest BCUT2D eigenvalue weighted by molar-refractivity contribution is 0.195. The van der Waals surface area contributed by atoms with E-state index in [9.17, 15) is 0 Å². The van der Waals surface area contributed by atoms with Crippen molar-refractivity contribution in [2.24, 2.45) is 0 Å². The number of piperazine rings is 1. The Labute approximate surface area is 150 Å². The lowest BCUT2D eigenvalue weighted by atomic mass is 9.96. The molecule has 2 aromatic rings. The molecule has 1 fully saturated rings. The monoisotopic (exact) mass is 391 g/mol. The highest BCUT2D eigenvalue weighted by Gasteiger charge is 2.32. The van der Waals surface area contributed by atoms with Crippen LogP contribution in [-0.2, 0) is 12.8 Å². The van der Waals surface area contributed by atoms with Crippen LogP contribution in [0.5, 0.6) is 0 Å². The predicted molar refractivity (Wildman–Crippen MR) is 97.1 cm³/mol. The third-order valence-corrected chi connectivity index (χ3v) is 5.59. The van der Waals surface area contributed by atoms with Crippen molar-refractivity contribution in [3.8, 4) is 0 Å². The minimum Gasteiger partial charge on any atom is -0.314 e. The molecule has 0 amide bonds. The number of halogens is 2. The van der Waals surface area contributed by atoms with Gasteiger partial charge in [0.25, 0.3) is 0 Å². The van der Waals surface area contributed by atoms with Crippen LogP contribution in [0.1, 0.15) is 28.4 Å². The summed E-state index contributed by atoms with van der Waals surface area (Å²) in [7, 11) is 0. The maximum Gasteiger partial charge on any atom is 0.0797 e. The predicted octanol–water partition coefficient (Wildman–Crippen LogP) is 3.59. The van der Waals surface area contributed by atoms with E-state index in [0.29, 0.717) is 0 Å². The molecule has 0 bridgehead atoms. The van der Waals surface area contributed by atoms with Gasteiger partial charge in [0.15, 0.2) is 0 Å². The molecule has 3 nitrogen and oxygen atoms in total. The van der Waals surface area contributed by atoms with Crippen LogP contribution >= 0.6 is 27.5 Å². The van der Waals surface area contributed by atoms with Crippen molar-refractivity contribution in [2.75, 3.05) is 26.2 Å². The molecule has 0 radical (unpaired) electrons. The van der Waals surface area contributed by atoms with Crippen LogP contribution in [0.4, 0.5) is 0 Å². The molecule has 1 saturated heterocycles. The van der Waals surface area contributed by atoms with Crippen molar-refractivity contribution in [3.63, 3.8) is 0 Å². The molecule has 1 atom stereocenters. The van der Waals surface area contributed by atoms with E-state index in [2.05, 4.69) is 44.3 Å². The van der Waals surface area contributed by atoms with Gasteiger partial charge in [-0.3, -0.25) is 9.88 Å². The molecule has 4 rings (SSSR count). The van der Waals surface area contributed by atoms with Gasteiger partial charge in [0.1, 0.15) is 0 Å². The second kappa shape index (κ2) is 6.52. The summed E-state index contributed by atoms with van der Waals surface area (Å²) in [6, 6.07) is 8.68. The molecule has 2 aliphatic rings. The van der Waals surface area contributed by atoms with Crippen LogP contribution in [-0.4, -0.2) is 36.1 Å². The zero-order valence-electron chi connectivity index (χ0n) is 12.9. The Morgan fingerprint density at radius 3 is 2.78 bits per heavy atom. The number of benzene rings is 1. The van der Waals surface area contributed by atoms with Gasteiger partial charge < -0.3 is 5.32 Å². The highest BCUT2D eigenvalue weighted by atomic mass is 79.9. The molecule has 1 aliphatic carbocycles. The first-order valence-corrected chi connectivity index (χ1v) is 9.27. The molecule has 0 spiro atoms. The van der Waals surface area contributed by atoms with Crippen LogP contribution in [0, 0.1) is 0 Å². The van der Waals surface area contributed by atoms with Gasteiger partial charge in [0.05, 0.1) is 11.7 Å². The first-order valence-electron chi connectivity index (χ1n) is 8.10. The zero-order chi connectivity index (χ0) is 15.8. The summed E-state index contributed by atoms with van der Waals surface area (Å²) in [5.41, 5.74) is 5.11. The van der Waals surface area contributed by atoms with Crippen LogP contribution in [0.2, 0.25) is 5.02 Å². The van der Waals surface area contributed by atoms with E-state index in [0.717, 1.165) is 48.5 Å². The third-order valence-electron chi connectivity index (χ3n) is 4.82. The molecule has 1 unspecified atom stereocenters. The summed E-state index contributed by atoms with van der Waals surface area (Å²) in [5.74, 6) is 0. The number of rotatable bonds is 1. The maximum absolute atomic E-state index is 6.65. The van der Waals surface area contributed by atoms with Crippen molar-refractivity contribution >= 4 is 27.5 Å². The van der Waals surface area contributed by atoms with Crippen molar-refractivity contribution in [1.82, 2.24) is 15.2 Å². The molecule has 120 valence electrons. The van der Waals surface area contributed by atoms with Gasteiger partial charge in [-0.2, -0.15) is 0 Å². The minimum absolute atomic E-state index is 0.159. The molecular weight excluding hydrogens is 374 g/mol.